The van der Waals surface area contributed by atoms with E-state index in [0.29, 0.717) is 30.7 Å². The maximum Gasteiger partial charge on any atom is 0.248 e. The predicted octanol–water partition coefficient (Wildman–Crippen LogP) is 2.67. The molecule has 3 aromatic rings. The van der Waals surface area contributed by atoms with Crippen molar-refractivity contribution in [1.29, 1.82) is 0 Å². The summed E-state index contributed by atoms with van der Waals surface area (Å²) in [6, 6.07) is 9.71. The van der Waals surface area contributed by atoms with Gasteiger partial charge in [-0.05, 0) is 50.5 Å². The van der Waals surface area contributed by atoms with Gasteiger partial charge in [0.25, 0.3) is 0 Å². The molecule has 2 aromatic heterocycles. The van der Waals surface area contributed by atoms with Crippen LogP contribution in [0.1, 0.15) is 35.6 Å². The molecule has 1 saturated heterocycles. The number of carbonyl (C=O) groups excluding carboxylic acids is 1. The number of hydrogen-bond donors (Lipinski definition) is 2. The highest BCUT2D eigenvalue weighted by molar-refractivity contribution is 5.91. The lowest BCUT2D eigenvalue weighted by molar-refractivity contribution is -0.120. The summed E-state index contributed by atoms with van der Waals surface area (Å²) in [5.74, 6) is 2.24. The van der Waals surface area contributed by atoms with E-state index in [2.05, 4.69) is 35.4 Å². The molecule has 1 aromatic carbocycles. The van der Waals surface area contributed by atoms with Gasteiger partial charge in [-0.3, -0.25) is 15.2 Å². The van der Waals surface area contributed by atoms with Gasteiger partial charge in [0.05, 0.1) is 13.0 Å². The number of nitrogens with zero attached hydrogens (tertiary/aromatic N) is 5. The molecule has 1 aliphatic heterocycles. The first-order chi connectivity index (χ1) is 15.0. The molecule has 9 heteroatoms. The highest BCUT2D eigenvalue weighted by Gasteiger charge is 2.28. The van der Waals surface area contributed by atoms with Crippen molar-refractivity contribution in [3.8, 4) is 5.75 Å². The number of nitrogens with one attached hydrogen (secondary N) is 2. The van der Waals surface area contributed by atoms with E-state index in [9.17, 15) is 4.79 Å². The lowest BCUT2D eigenvalue weighted by Crippen LogP contribution is -2.41. The summed E-state index contributed by atoms with van der Waals surface area (Å²) in [4.78, 5) is 28.4. The zero-order valence-electron chi connectivity index (χ0n) is 18.1. The minimum atomic E-state index is -0.165. The maximum atomic E-state index is 12.8. The summed E-state index contributed by atoms with van der Waals surface area (Å²) in [7, 11) is 1.64. The maximum absolute atomic E-state index is 12.8. The monoisotopic (exact) mass is 421 g/mol. The van der Waals surface area contributed by atoms with Crippen LogP contribution in [0.2, 0.25) is 0 Å². The highest BCUT2D eigenvalue weighted by Crippen LogP contribution is 2.22. The molecule has 1 atom stereocenters. The van der Waals surface area contributed by atoms with Gasteiger partial charge in [-0.1, -0.05) is 12.1 Å². The van der Waals surface area contributed by atoms with Gasteiger partial charge in [0.1, 0.15) is 11.6 Å². The van der Waals surface area contributed by atoms with Gasteiger partial charge in [-0.25, -0.2) is 9.97 Å². The Morgan fingerprint density at radius 3 is 2.65 bits per heavy atom. The molecule has 1 aliphatic rings. The van der Waals surface area contributed by atoms with Gasteiger partial charge in [0.15, 0.2) is 0 Å². The third-order valence-electron chi connectivity index (χ3n) is 5.34. The van der Waals surface area contributed by atoms with Gasteiger partial charge < -0.3 is 9.64 Å². The zero-order chi connectivity index (χ0) is 21.8. The number of benzene rings is 1. The third-order valence-corrected chi connectivity index (χ3v) is 5.34. The number of aryl methyl sites for hydroxylation is 2. The van der Waals surface area contributed by atoms with Crippen molar-refractivity contribution in [3.63, 3.8) is 0 Å². The van der Waals surface area contributed by atoms with Gasteiger partial charge in [-0.15, -0.1) is 5.10 Å². The first-order valence-electron chi connectivity index (χ1n) is 10.4. The molecule has 3 heterocycles. The van der Waals surface area contributed by atoms with E-state index in [1.165, 1.54) is 0 Å². The van der Waals surface area contributed by atoms with E-state index >= 15 is 0 Å². The fraction of sp³-hybridized carbons (Fsp3) is 0.409. The summed E-state index contributed by atoms with van der Waals surface area (Å²) in [5, 5.41) is 9.90. The van der Waals surface area contributed by atoms with Crippen LogP contribution in [0.5, 0.6) is 5.75 Å². The van der Waals surface area contributed by atoms with Gasteiger partial charge in [0.2, 0.25) is 17.8 Å². The standard InChI is InChI=1S/C22H27N7O2/c1-14-11-15(2)24-22(23-14)29-10-4-5-17(13-29)20(30)26-21-25-19(27-28-21)12-16-6-8-18(31-3)9-7-16/h6-9,11,17H,4-5,10,12-13H2,1-3H3,(H2,25,26,27,28,30)/t17-/m1/s1. The Hall–Kier alpha value is -3.49. The lowest BCUT2D eigenvalue weighted by Gasteiger charge is -2.32. The van der Waals surface area contributed by atoms with E-state index in [-0.39, 0.29) is 11.8 Å². The molecule has 0 spiro atoms. The van der Waals surface area contributed by atoms with Crippen LogP contribution in [-0.2, 0) is 11.2 Å². The molecular formula is C22H27N7O2. The summed E-state index contributed by atoms with van der Waals surface area (Å²) < 4.78 is 5.18. The smallest absolute Gasteiger partial charge is 0.248 e. The first-order valence-corrected chi connectivity index (χ1v) is 10.4. The minimum absolute atomic E-state index is 0.0796. The Bertz CT molecular complexity index is 1030. The summed E-state index contributed by atoms with van der Waals surface area (Å²) >= 11 is 0. The molecule has 0 bridgehead atoms. The first kappa shape index (κ1) is 20.8. The number of carbonyl (C=O) groups is 1. The number of rotatable bonds is 6. The fourth-order valence-corrected chi connectivity index (χ4v) is 3.80. The molecule has 4 rings (SSSR count). The molecule has 0 unspecified atom stereocenters. The highest BCUT2D eigenvalue weighted by atomic mass is 16.5. The number of hydrogen-bond acceptors (Lipinski definition) is 7. The average Bonchev–Trinajstić information content (AvgIpc) is 3.20. The van der Waals surface area contributed by atoms with Crippen molar-refractivity contribution in [2.24, 2.45) is 5.92 Å². The third kappa shape index (κ3) is 5.17. The second-order valence-corrected chi connectivity index (χ2v) is 7.86. The second kappa shape index (κ2) is 9.11. The van der Waals surface area contributed by atoms with E-state index in [1.807, 2.05) is 44.2 Å². The Balaban J connectivity index is 1.36. The number of anilines is 2. The van der Waals surface area contributed by atoms with Gasteiger partial charge >= 0.3 is 0 Å². The topological polar surface area (TPSA) is 109 Å². The molecule has 31 heavy (non-hydrogen) atoms. The van der Waals surface area contributed by atoms with Crippen LogP contribution < -0.4 is 15.0 Å². The Kier molecular flexibility index (Phi) is 6.11. The molecule has 162 valence electrons. The normalized spacial score (nSPS) is 16.2. The van der Waals surface area contributed by atoms with Crippen LogP contribution in [-0.4, -0.2) is 51.3 Å². The number of ether oxygens (including phenoxy) is 1. The molecule has 0 saturated carbocycles. The number of aromatic amines is 1. The zero-order valence-corrected chi connectivity index (χ0v) is 18.1. The van der Waals surface area contributed by atoms with E-state index < -0.39 is 0 Å². The summed E-state index contributed by atoms with van der Waals surface area (Å²) in [6.45, 7) is 5.34. The number of amides is 1. The molecular weight excluding hydrogens is 394 g/mol. The summed E-state index contributed by atoms with van der Waals surface area (Å²) in [5.41, 5.74) is 2.93. The lowest BCUT2D eigenvalue weighted by atomic mass is 9.97. The molecule has 0 aliphatic carbocycles. The number of H-pyrrole nitrogens is 1. The van der Waals surface area contributed by atoms with E-state index in [0.717, 1.165) is 42.1 Å². The van der Waals surface area contributed by atoms with E-state index in [4.69, 9.17) is 4.74 Å². The average molecular weight is 422 g/mol. The number of piperidine rings is 1. The Morgan fingerprint density at radius 1 is 1.19 bits per heavy atom. The quantitative estimate of drug-likeness (QED) is 0.630. The van der Waals surface area contributed by atoms with E-state index in [1.54, 1.807) is 7.11 Å². The molecule has 0 radical (unpaired) electrons. The van der Waals surface area contributed by atoms with Crippen molar-refractivity contribution in [3.05, 3.63) is 53.1 Å². The van der Waals surface area contributed by atoms with Crippen LogP contribution in [0.25, 0.3) is 0 Å². The van der Waals surface area contributed by atoms with Crippen molar-refractivity contribution in [2.45, 2.75) is 33.1 Å². The van der Waals surface area contributed by atoms with Crippen molar-refractivity contribution >= 4 is 17.8 Å². The molecule has 9 nitrogen and oxygen atoms in total. The number of aromatic nitrogens is 5. The van der Waals surface area contributed by atoms with Gasteiger partial charge in [-0.2, -0.15) is 4.98 Å². The SMILES string of the molecule is COc1ccc(Cc2nc(NC(=O)[C@@H]3CCCN(c4nc(C)cc(C)n4)C3)n[nH]2)cc1. The van der Waals surface area contributed by atoms with Crippen molar-refractivity contribution in [1.82, 2.24) is 25.1 Å². The van der Waals surface area contributed by atoms with Crippen LogP contribution >= 0.6 is 0 Å². The fourth-order valence-electron chi connectivity index (χ4n) is 3.80. The van der Waals surface area contributed by atoms with Crippen LogP contribution in [0, 0.1) is 19.8 Å². The number of methoxy groups -OCH3 is 1. The predicted molar refractivity (Wildman–Crippen MR) is 117 cm³/mol. The van der Waals surface area contributed by atoms with Crippen LogP contribution in [0.4, 0.5) is 11.9 Å². The van der Waals surface area contributed by atoms with Crippen LogP contribution in [0.15, 0.2) is 30.3 Å². The second-order valence-electron chi connectivity index (χ2n) is 7.86. The Labute approximate surface area is 181 Å². The van der Waals surface area contributed by atoms with Crippen molar-refractivity contribution in [2.75, 3.05) is 30.4 Å². The van der Waals surface area contributed by atoms with Crippen LogP contribution in [0.3, 0.4) is 0 Å². The molecule has 1 amide bonds. The molecule has 2 N–H and O–H groups in total. The van der Waals surface area contributed by atoms with Crippen molar-refractivity contribution < 1.29 is 9.53 Å². The summed E-state index contributed by atoms with van der Waals surface area (Å²) in [6.07, 6.45) is 2.32. The Morgan fingerprint density at radius 2 is 1.94 bits per heavy atom. The minimum Gasteiger partial charge on any atom is -0.497 e. The van der Waals surface area contributed by atoms with Gasteiger partial charge in [0, 0.05) is 30.9 Å². The molecule has 1 fully saturated rings. The largest absolute Gasteiger partial charge is 0.497 e.